The molecule has 12 nitrogen and oxygen atoms in total. The van der Waals surface area contributed by atoms with Crippen molar-refractivity contribution < 1.29 is 58.2 Å². The van der Waals surface area contributed by atoms with Crippen molar-refractivity contribution in [2.45, 2.75) is 276 Å². The lowest BCUT2D eigenvalue weighted by atomic mass is 9.98. The summed E-state index contributed by atoms with van der Waals surface area (Å²) in [6.45, 7) is 5.66. The molecule has 6 atom stereocenters. The second kappa shape index (κ2) is 54.0. The lowest BCUT2D eigenvalue weighted by Gasteiger charge is -2.40. The fraction of sp³-hybridized carbons (Fsp3) is 0.672. The number of hydrogen-bond donors (Lipinski definition) is 3. The lowest BCUT2D eigenvalue weighted by molar-refractivity contribution is -0.301. The lowest BCUT2D eigenvalue weighted by Crippen LogP contribution is -2.61. The molecule has 0 aromatic carbocycles. The number of unbranched alkanes of at least 4 members (excludes halogenated alkanes) is 19. The molecule has 0 amide bonds. The first-order valence-corrected chi connectivity index (χ1v) is 30.9. The third-order valence-corrected chi connectivity index (χ3v) is 13.4. The Bertz CT molecular complexity index is 1790. The molecule has 12 heteroatoms. The van der Waals surface area contributed by atoms with Crippen molar-refractivity contribution in [2.75, 3.05) is 13.2 Å². The number of allylic oxidation sites excluding steroid dienone is 18. The average molecular weight is 1110 g/mol. The summed E-state index contributed by atoms with van der Waals surface area (Å²) >= 11 is 0. The van der Waals surface area contributed by atoms with Gasteiger partial charge in [-0.05, 0) is 83.5 Å². The monoisotopic (exact) mass is 1100 g/mol. The summed E-state index contributed by atoms with van der Waals surface area (Å²) in [7, 11) is 0. The van der Waals surface area contributed by atoms with E-state index in [4.69, 9.17) is 23.7 Å². The Balaban J connectivity index is 2.71. The van der Waals surface area contributed by atoms with Crippen LogP contribution in [-0.4, -0.2) is 89.2 Å². The number of carboxylic acid groups (broad SMARTS) is 1. The van der Waals surface area contributed by atoms with Gasteiger partial charge in [0, 0.05) is 19.3 Å². The molecule has 0 aromatic rings. The Morgan fingerprint density at radius 3 is 1.25 bits per heavy atom. The van der Waals surface area contributed by atoms with Crippen molar-refractivity contribution in [1.29, 1.82) is 0 Å². The van der Waals surface area contributed by atoms with Crippen LogP contribution < -0.4 is 0 Å². The smallest absolute Gasteiger partial charge is 0.335 e. The van der Waals surface area contributed by atoms with E-state index in [9.17, 15) is 34.5 Å². The second-order valence-electron chi connectivity index (χ2n) is 20.6. The topological polar surface area (TPSA) is 175 Å². The molecule has 1 rings (SSSR count). The third kappa shape index (κ3) is 43.8. The number of carbonyl (C=O) groups is 4. The first-order valence-electron chi connectivity index (χ1n) is 30.9. The molecule has 1 aliphatic rings. The number of hydrogen-bond acceptors (Lipinski definition) is 11. The summed E-state index contributed by atoms with van der Waals surface area (Å²) in [5, 5.41) is 31.5. The van der Waals surface area contributed by atoms with Crippen LogP contribution in [0.4, 0.5) is 0 Å². The van der Waals surface area contributed by atoms with Crippen molar-refractivity contribution in [2.24, 2.45) is 0 Å². The van der Waals surface area contributed by atoms with Crippen LogP contribution in [0, 0.1) is 0 Å². The van der Waals surface area contributed by atoms with Gasteiger partial charge in [0.15, 0.2) is 24.6 Å². The van der Waals surface area contributed by atoms with Crippen LogP contribution in [0.3, 0.4) is 0 Å². The van der Waals surface area contributed by atoms with Gasteiger partial charge in [-0.3, -0.25) is 14.4 Å². The minimum absolute atomic E-state index is 0.0254. The van der Waals surface area contributed by atoms with Crippen LogP contribution in [0.5, 0.6) is 0 Å². The highest BCUT2D eigenvalue weighted by atomic mass is 16.7. The number of carboxylic acids is 1. The standard InChI is InChI=1S/C67H108O12/c1-4-7-10-13-16-19-22-25-27-29-30-32-34-37-40-43-46-49-52-55-61(70)78-65-63(72)62(71)64(66(73)74)79-67(65)76-57-58(77-60(69)54-51-48-45-42-39-35-24-21-18-15-12-9-6-3)56-75-59(68)53-50-47-44-41-38-36-33-31-28-26-23-20-17-14-11-8-5-2/h8-9,11-12,17-18,20-21,26,28,33,35-36,39,41,44-45,48,58,62-65,67,71-72H,4-7,10,13-16,19,22-25,27,29-32,34,37-38,40,42-43,46-47,49-57H2,1-3H3,(H,73,74)/b11-8-,12-9-,20-17-,21-18-,28-26-,36-33-,39-35-,44-41-,48-45-. The predicted molar refractivity (Wildman–Crippen MR) is 321 cm³/mol. The molecule has 1 fully saturated rings. The van der Waals surface area contributed by atoms with Crippen molar-refractivity contribution >= 4 is 23.9 Å². The molecule has 1 heterocycles. The number of aliphatic hydroxyl groups is 2. The Labute approximate surface area is 478 Å². The summed E-state index contributed by atoms with van der Waals surface area (Å²) in [4.78, 5) is 51.1. The number of aliphatic carboxylic acids is 1. The van der Waals surface area contributed by atoms with E-state index in [1.807, 2.05) is 18.2 Å². The largest absolute Gasteiger partial charge is 0.479 e. The van der Waals surface area contributed by atoms with Gasteiger partial charge in [-0.15, -0.1) is 0 Å². The first-order chi connectivity index (χ1) is 38.6. The number of ether oxygens (including phenoxy) is 5. The molecule has 1 saturated heterocycles. The first kappa shape index (κ1) is 72.4. The number of aliphatic hydroxyl groups excluding tert-OH is 2. The van der Waals surface area contributed by atoms with Gasteiger partial charge in [0.2, 0.25) is 0 Å². The molecule has 0 radical (unpaired) electrons. The van der Waals surface area contributed by atoms with Crippen LogP contribution in [-0.2, 0) is 42.9 Å². The molecule has 0 saturated carbocycles. The molecule has 1 aliphatic heterocycles. The van der Waals surface area contributed by atoms with Gasteiger partial charge in [-0.25, -0.2) is 4.79 Å². The highest BCUT2D eigenvalue weighted by Gasteiger charge is 2.50. The van der Waals surface area contributed by atoms with Crippen LogP contribution in [0.1, 0.15) is 239 Å². The maximum atomic E-state index is 13.1. The van der Waals surface area contributed by atoms with Crippen molar-refractivity contribution in [3.63, 3.8) is 0 Å². The Kier molecular flexibility index (Phi) is 49.5. The molecule has 0 aromatic heterocycles. The fourth-order valence-corrected chi connectivity index (χ4v) is 8.71. The molecule has 3 N–H and O–H groups in total. The van der Waals surface area contributed by atoms with Crippen LogP contribution in [0.25, 0.3) is 0 Å². The molecular weight excluding hydrogens is 997 g/mol. The van der Waals surface area contributed by atoms with Gasteiger partial charge < -0.3 is 39.0 Å². The van der Waals surface area contributed by atoms with E-state index >= 15 is 0 Å². The Morgan fingerprint density at radius 2 is 0.823 bits per heavy atom. The van der Waals surface area contributed by atoms with Gasteiger partial charge in [0.1, 0.15) is 18.8 Å². The molecule has 0 spiro atoms. The maximum Gasteiger partial charge on any atom is 0.335 e. The van der Waals surface area contributed by atoms with E-state index in [0.29, 0.717) is 32.1 Å². The van der Waals surface area contributed by atoms with E-state index in [1.54, 1.807) is 0 Å². The highest BCUT2D eigenvalue weighted by Crippen LogP contribution is 2.26. The molecule has 79 heavy (non-hydrogen) atoms. The van der Waals surface area contributed by atoms with E-state index in [1.165, 1.54) is 89.9 Å². The van der Waals surface area contributed by atoms with Gasteiger partial charge in [0.05, 0.1) is 6.61 Å². The molecule has 448 valence electrons. The van der Waals surface area contributed by atoms with Crippen molar-refractivity contribution in [3.05, 3.63) is 109 Å². The summed E-state index contributed by atoms with van der Waals surface area (Å²) < 4.78 is 28.3. The zero-order valence-electron chi connectivity index (χ0n) is 49.3. The summed E-state index contributed by atoms with van der Waals surface area (Å²) in [5.74, 6) is -3.31. The molecular formula is C67H108O12. The Morgan fingerprint density at radius 1 is 0.430 bits per heavy atom. The fourth-order valence-electron chi connectivity index (χ4n) is 8.71. The van der Waals surface area contributed by atoms with Gasteiger partial charge >= 0.3 is 23.9 Å². The summed E-state index contributed by atoms with van der Waals surface area (Å²) in [5.41, 5.74) is 0. The van der Waals surface area contributed by atoms with Crippen LogP contribution >= 0.6 is 0 Å². The third-order valence-electron chi connectivity index (χ3n) is 13.4. The van der Waals surface area contributed by atoms with E-state index < -0.39 is 67.3 Å². The Hall–Kier alpha value is -4.62. The highest BCUT2D eigenvalue weighted by molar-refractivity contribution is 5.74. The zero-order chi connectivity index (χ0) is 57.5. The molecule has 0 bridgehead atoms. The van der Waals surface area contributed by atoms with Crippen LogP contribution in [0.2, 0.25) is 0 Å². The van der Waals surface area contributed by atoms with Gasteiger partial charge in [0.25, 0.3) is 0 Å². The SMILES string of the molecule is CC/C=C\C/C=C\C/C=C\C/C=C\C/C=C\CCCC(=O)OCC(COC1OC(C(=O)O)C(O)C(O)C1OC(=O)CCCCCCCCCCCCCCCCCCCCC)OC(=O)CC/C=C\C/C=C\C/C=C\C/C=C\CC. The van der Waals surface area contributed by atoms with Gasteiger partial charge in [-0.2, -0.15) is 0 Å². The predicted octanol–water partition coefficient (Wildman–Crippen LogP) is 16.2. The van der Waals surface area contributed by atoms with E-state index in [2.05, 4.69) is 112 Å². The quantitative estimate of drug-likeness (QED) is 0.0228. The molecule has 0 aliphatic carbocycles. The zero-order valence-corrected chi connectivity index (χ0v) is 49.3. The molecule has 6 unspecified atom stereocenters. The number of carbonyl (C=O) groups excluding carboxylic acids is 3. The summed E-state index contributed by atoms with van der Waals surface area (Å²) in [6.07, 6.45) is 60.9. The van der Waals surface area contributed by atoms with E-state index in [-0.39, 0.29) is 25.9 Å². The second-order valence-corrected chi connectivity index (χ2v) is 20.6. The van der Waals surface area contributed by atoms with Crippen molar-refractivity contribution in [1.82, 2.24) is 0 Å². The van der Waals surface area contributed by atoms with Crippen LogP contribution in [0.15, 0.2) is 109 Å². The minimum Gasteiger partial charge on any atom is -0.479 e. The van der Waals surface area contributed by atoms with Gasteiger partial charge in [-0.1, -0.05) is 246 Å². The van der Waals surface area contributed by atoms with E-state index in [0.717, 1.165) is 77.0 Å². The minimum atomic E-state index is -1.92. The summed E-state index contributed by atoms with van der Waals surface area (Å²) in [6, 6.07) is 0. The average Bonchev–Trinajstić information content (AvgIpc) is 3.47. The number of rotatable bonds is 51. The van der Waals surface area contributed by atoms with Crippen molar-refractivity contribution in [3.8, 4) is 0 Å². The normalized spacial score (nSPS) is 18.6. The maximum absolute atomic E-state index is 13.1. The number of esters is 3.